The highest BCUT2D eigenvalue weighted by molar-refractivity contribution is 7.94. The number of sulfonamides is 1. The van der Waals surface area contributed by atoms with Gasteiger partial charge in [-0.2, -0.15) is 0 Å². The van der Waals surface area contributed by atoms with Gasteiger partial charge in [0.2, 0.25) is 5.91 Å². The van der Waals surface area contributed by atoms with E-state index >= 15 is 0 Å². The molecule has 1 saturated heterocycles. The Morgan fingerprint density at radius 2 is 2.18 bits per heavy atom. The average molecular weight is 516 g/mol. The molecule has 1 aliphatic heterocycles. The highest BCUT2D eigenvalue weighted by Gasteiger charge is 2.25. The molecule has 11 heteroatoms. The second-order valence-electron chi connectivity index (χ2n) is 8.38. The largest absolute Gasteiger partial charge is 0.352 e. The SMILES string of the molecule is CC(=O)N[C@H]1CCN(Cc2cnc(-c3cc4cccc(N(C)S(=O)(=O)c5cccs5)c4[nH]3)s2)C1. The van der Waals surface area contributed by atoms with Gasteiger partial charge in [-0.1, -0.05) is 18.2 Å². The van der Waals surface area contributed by atoms with Crippen LogP contribution in [0.4, 0.5) is 5.69 Å². The van der Waals surface area contributed by atoms with E-state index in [-0.39, 0.29) is 11.9 Å². The number of H-pyrrole nitrogens is 1. The number of nitrogens with one attached hydrogen (secondary N) is 2. The van der Waals surface area contributed by atoms with Crippen molar-refractivity contribution in [2.75, 3.05) is 24.4 Å². The van der Waals surface area contributed by atoms with Crippen LogP contribution in [-0.2, 0) is 21.4 Å². The van der Waals surface area contributed by atoms with Crippen molar-refractivity contribution < 1.29 is 13.2 Å². The van der Waals surface area contributed by atoms with Gasteiger partial charge in [0.05, 0.1) is 16.9 Å². The van der Waals surface area contributed by atoms with Gasteiger partial charge in [-0.3, -0.25) is 14.0 Å². The molecule has 0 bridgehead atoms. The molecule has 4 aromatic rings. The number of hydrogen-bond donors (Lipinski definition) is 2. The molecule has 0 saturated carbocycles. The predicted octanol–water partition coefficient (Wildman–Crippen LogP) is 3.89. The summed E-state index contributed by atoms with van der Waals surface area (Å²) in [6.07, 6.45) is 2.85. The fourth-order valence-electron chi connectivity index (χ4n) is 4.30. The molecule has 0 spiro atoms. The lowest BCUT2D eigenvalue weighted by Crippen LogP contribution is -2.35. The van der Waals surface area contributed by atoms with Crippen LogP contribution in [0.15, 0.2) is 52.2 Å². The average Bonchev–Trinajstić information content (AvgIpc) is 3.58. The zero-order valence-corrected chi connectivity index (χ0v) is 21.3. The number of thiophene rings is 1. The Kier molecular flexibility index (Phi) is 6.19. The van der Waals surface area contributed by atoms with E-state index in [2.05, 4.69) is 20.2 Å². The number of para-hydroxylation sites is 1. The van der Waals surface area contributed by atoms with Crippen LogP contribution in [0.2, 0.25) is 0 Å². The van der Waals surface area contributed by atoms with Gasteiger partial charge in [0, 0.05) is 56.1 Å². The highest BCUT2D eigenvalue weighted by Crippen LogP contribution is 2.35. The Labute approximate surface area is 206 Å². The molecule has 178 valence electrons. The summed E-state index contributed by atoms with van der Waals surface area (Å²) >= 11 is 2.83. The van der Waals surface area contributed by atoms with Crippen molar-refractivity contribution in [2.45, 2.75) is 30.1 Å². The van der Waals surface area contributed by atoms with Crippen molar-refractivity contribution in [1.82, 2.24) is 20.2 Å². The number of rotatable bonds is 7. The minimum Gasteiger partial charge on any atom is -0.352 e. The first-order valence-corrected chi connectivity index (χ1v) is 14.0. The van der Waals surface area contributed by atoms with Crippen molar-refractivity contribution in [3.8, 4) is 10.7 Å². The number of fused-ring (bicyclic) bond motifs is 1. The maximum absolute atomic E-state index is 13.0. The molecule has 1 atom stereocenters. The van der Waals surface area contributed by atoms with Crippen molar-refractivity contribution in [2.24, 2.45) is 0 Å². The zero-order valence-electron chi connectivity index (χ0n) is 18.8. The molecular weight excluding hydrogens is 490 g/mol. The van der Waals surface area contributed by atoms with Crippen LogP contribution in [0, 0.1) is 0 Å². The summed E-state index contributed by atoms with van der Waals surface area (Å²) in [5, 5.41) is 6.54. The number of benzene rings is 1. The first-order valence-electron chi connectivity index (χ1n) is 10.9. The van der Waals surface area contributed by atoms with E-state index in [0.717, 1.165) is 52.5 Å². The van der Waals surface area contributed by atoms with Gasteiger partial charge in [-0.05, 0) is 30.0 Å². The number of carbonyl (C=O) groups excluding carboxylic acids is 1. The molecule has 1 aromatic carbocycles. The summed E-state index contributed by atoms with van der Waals surface area (Å²) < 4.78 is 27.7. The lowest BCUT2D eigenvalue weighted by Gasteiger charge is -2.19. The van der Waals surface area contributed by atoms with Crippen LogP contribution in [0.1, 0.15) is 18.2 Å². The van der Waals surface area contributed by atoms with E-state index in [1.165, 1.54) is 15.6 Å². The molecule has 4 heterocycles. The first kappa shape index (κ1) is 23.0. The van der Waals surface area contributed by atoms with Crippen LogP contribution in [0.3, 0.4) is 0 Å². The van der Waals surface area contributed by atoms with Gasteiger partial charge in [-0.15, -0.1) is 22.7 Å². The predicted molar refractivity (Wildman–Crippen MR) is 137 cm³/mol. The summed E-state index contributed by atoms with van der Waals surface area (Å²) in [7, 11) is -2.05. The van der Waals surface area contributed by atoms with Gasteiger partial charge in [0.15, 0.2) is 0 Å². The summed E-state index contributed by atoms with van der Waals surface area (Å²) in [4.78, 5) is 22.8. The maximum atomic E-state index is 13.0. The van der Waals surface area contributed by atoms with Crippen LogP contribution < -0.4 is 9.62 Å². The summed E-state index contributed by atoms with van der Waals surface area (Å²) in [6.45, 7) is 4.13. The number of nitrogens with zero attached hydrogens (tertiary/aromatic N) is 3. The lowest BCUT2D eigenvalue weighted by atomic mass is 10.2. The summed E-state index contributed by atoms with van der Waals surface area (Å²) in [5.74, 6) is 0.0129. The van der Waals surface area contributed by atoms with E-state index < -0.39 is 10.0 Å². The molecule has 3 aromatic heterocycles. The van der Waals surface area contributed by atoms with Gasteiger partial charge in [0.1, 0.15) is 9.22 Å². The van der Waals surface area contributed by atoms with E-state index in [1.54, 1.807) is 48.9 Å². The first-order chi connectivity index (χ1) is 16.3. The van der Waals surface area contributed by atoms with Crippen molar-refractivity contribution in [3.05, 3.63) is 52.9 Å². The number of aromatic nitrogens is 2. The van der Waals surface area contributed by atoms with Gasteiger partial charge < -0.3 is 10.3 Å². The lowest BCUT2D eigenvalue weighted by molar-refractivity contribution is -0.119. The van der Waals surface area contributed by atoms with E-state index in [1.807, 2.05) is 24.4 Å². The van der Waals surface area contributed by atoms with Crippen molar-refractivity contribution >= 4 is 55.2 Å². The smallest absolute Gasteiger partial charge is 0.273 e. The Morgan fingerprint density at radius 1 is 1.32 bits per heavy atom. The summed E-state index contributed by atoms with van der Waals surface area (Å²) in [5.41, 5.74) is 2.21. The van der Waals surface area contributed by atoms with E-state index in [0.29, 0.717) is 9.90 Å². The molecule has 0 aliphatic carbocycles. The zero-order chi connectivity index (χ0) is 23.9. The molecule has 0 radical (unpaired) electrons. The third-order valence-electron chi connectivity index (χ3n) is 5.93. The van der Waals surface area contributed by atoms with E-state index in [9.17, 15) is 13.2 Å². The third-order valence-corrected chi connectivity index (χ3v) is 10.1. The third kappa shape index (κ3) is 4.48. The molecule has 8 nitrogen and oxygen atoms in total. The number of amides is 1. The number of aromatic amines is 1. The van der Waals surface area contributed by atoms with Crippen molar-refractivity contribution in [3.63, 3.8) is 0 Å². The molecule has 1 fully saturated rings. The molecule has 0 unspecified atom stereocenters. The summed E-state index contributed by atoms with van der Waals surface area (Å²) in [6, 6.07) is 11.2. The minimum absolute atomic E-state index is 0.0129. The van der Waals surface area contributed by atoms with Gasteiger partial charge >= 0.3 is 0 Å². The Hall–Kier alpha value is -2.73. The minimum atomic E-state index is -3.63. The Bertz CT molecular complexity index is 1430. The second-order valence-corrected chi connectivity index (χ2v) is 12.6. The molecule has 2 N–H and O–H groups in total. The number of hydrogen-bond acceptors (Lipinski definition) is 7. The number of carbonyl (C=O) groups is 1. The Balaban J connectivity index is 1.37. The molecular formula is C23H25N5O3S3. The van der Waals surface area contributed by atoms with Crippen LogP contribution in [0.5, 0.6) is 0 Å². The maximum Gasteiger partial charge on any atom is 0.273 e. The molecule has 5 rings (SSSR count). The standard InChI is InChI=1S/C23H25N5O3S3/c1-15(29)25-17-8-9-28(13-17)14-18-12-24-23(33-18)19-11-16-5-3-6-20(22(16)26-19)27(2)34(30,31)21-7-4-10-32-21/h3-7,10-12,17,26H,8-9,13-14H2,1-2H3,(H,25,29)/t17-/m0/s1. The number of likely N-dealkylation sites (tertiary alicyclic amines) is 1. The van der Waals surface area contributed by atoms with Gasteiger partial charge in [0.25, 0.3) is 10.0 Å². The monoisotopic (exact) mass is 515 g/mol. The normalized spacial score (nSPS) is 16.8. The molecule has 1 amide bonds. The molecule has 1 aliphatic rings. The number of thiazole rings is 1. The second kappa shape index (κ2) is 9.14. The number of anilines is 1. The fraction of sp³-hybridized carbons (Fsp3) is 0.304. The highest BCUT2D eigenvalue weighted by atomic mass is 32.2. The molecule has 34 heavy (non-hydrogen) atoms. The van der Waals surface area contributed by atoms with Gasteiger partial charge in [-0.25, -0.2) is 13.4 Å². The van der Waals surface area contributed by atoms with Crippen molar-refractivity contribution in [1.29, 1.82) is 0 Å². The van der Waals surface area contributed by atoms with E-state index in [4.69, 9.17) is 0 Å². The quantitative estimate of drug-likeness (QED) is 0.389. The topological polar surface area (TPSA) is 98.4 Å². The van der Waals surface area contributed by atoms with Crippen LogP contribution in [0.25, 0.3) is 21.6 Å². The Morgan fingerprint density at radius 3 is 2.94 bits per heavy atom. The van der Waals surface area contributed by atoms with Crippen LogP contribution >= 0.6 is 22.7 Å². The fourth-order valence-corrected chi connectivity index (χ4v) is 7.59. The van der Waals surface area contributed by atoms with Crippen LogP contribution in [-0.4, -0.2) is 55.4 Å².